The number of ether oxygens (including phenoxy) is 2. The quantitative estimate of drug-likeness (QED) is 0.413. The van der Waals surface area contributed by atoms with E-state index in [-0.39, 0.29) is 4.90 Å². The van der Waals surface area contributed by atoms with Crippen LogP contribution < -0.4 is 19.0 Å². The van der Waals surface area contributed by atoms with Gasteiger partial charge in [-0.1, -0.05) is 17.4 Å². The van der Waals surface area contributed by atoms with Gasteiger partial charge < -0.3 is 14.0 Å². The largest absolute Gasteiger partial charge is 0.497 e. The van der Waals surface area contributed by atoms with E-state index >= 15 is 0 Å². The van der Waals surface area contributed by atoms with Gasteiger partial charge in [0.1, 0.15) is 17.0 Å². The van der Waals surface area contributed by atoms with Gasteiger partial charge in [-0.25, -0.2) is 8.42 Å². The molecular weight excluding hydrogens is 474 g/mol. The van der Waals surface area contributed by atoms with Crippen molar-refractivity contribution < 1.29 is 22.7 Å². The summed E-state index contributed by atoms with van der Waals surface area (Å²) in [6, 6.07) is 17.9. The molecule has 8 nitrogen and oxygen atoms in total. The molecule has 0 atom stereocenters. The van der Waals surface area contributed by atoms with Gasteiger partial charge in [0.05, 0.1) is 23.3 Å². The molecule has 176 valence electrons. The van der Waals surface area contributed by atoms with Gasteiger partial charge in [-0.15, -0.1) is 0 Å². The van der Waals surface area contributed by atoms with Crippen molar-refractivity contribution in [2.45, 2.75) is 11.8 Å². The Morgan fingerprint density at radius 1 is 1.06 bits per heavy atom. The Kier molecular flexibility index (Phi) is 6.71. The lowest BCUT2D eigenvalue weighted by atomic mass is 10.2. The maximum Gasteiger partial charge on any atom is 0.279 e. The standard InChI is InChI=1S/C24H23N3O5S2/c1-4-32-20-6-5-7-21-22(20)27(2)24(33-21)25-23(28)16-8-10-17(11-9-16)26-34(29,30)19-14-12-18(31-3)13-15-19/h5-15,26H,4H2,1-3H3. The lowest BCUT2D eigenvalue weighted by Gasteiger charge is -2.09. The number of para-hydroxylation sites is 1. The summed E-state index contributed by atoms with van der Waals surface area (Å²) in [4.78, 5) is 17.7. The van der Waals surface area contributed by atoms with E-state index in [9.17, 15) is 13.2 Å². The molecule has 0 radical (unpaired) electrons. The molecule has 0 spiro atoms. The number of aromatic nitrogens is 1. The van der Waals surface area contributed by atoms with Crippen molar-refractivity contribution in [3.05, 3.63) is 77.1 Å². The minimum absolute atomic E-state index is 0.104. The monoisotopic (exact) mass is 497 g/mol. The van der Waals surface area contributed by atoms with Gasteiger partial charge in [0, 0.05) is 18.3 Å². The molecule has 0 unspecified atom stereocenters. The Bertz CT molecular complexity index is 1500. The minimum Gasteiger partial charge on any atom is -0.497 e. The third-order valence-corrected chi connectivity index (χ3v) is 7.53. The van der Waals surface area contributed by atoms with Gasteiger partial charge in [0.2, 0.25) is 0 Å². The summed E-state index contributed by atoms with van der Waals surface area (Å²) in [7, 11) is -0.429. The van der Waals surface area contributed by atoms with Crippen LogP contribution in [0.15, 0.2) is 76.6 Å². The number of amides is 1. The van der Waals surface area contributed by atoms with Crippen LogP contribution in [0.4, 0.5) is 5.69 Å². The third-order valence-electron chi connectivity index (χ3n) is 5.04. The van der Waals surface area contributed by atoms with Gasteiger partial charge in [-0.05, 0) is 67.6 Å². The van der Waals surface area contributed by atoms with Crippen LogP contribution in [0.5, 0.6) is 11.5 Å². The molecule has 4 aromatic rings. The minimum atomic E-state index is -3.78. The Labute approximate surface area is 201 Å². The zero-order chi connectivity index (χ0) is 24.3. The van der Waals surface area contributed by atoms with Gasteiger partial charge in [-0.3, -0.25) is 9.52 Å². The van der Waals surface area contributed by atoms with E-state index in [0.717, 1.165) is 16.0 Å². The van der Waals surface area contributed by atoms with Crippen LogP contribution in [0.1, 0.15) is 17.3 Å². The molecule has 0 aliphatic rings. The summed E-state index contributed by atoms with van der Waals surface area (Å²) in [5.41, 5.74) is 1.56. The molecule has 0 saturated heterocycles. The van der Waals surface area contributed by atoms with Gasteiger partial charge >= 0.3 is 0 Å². The van der Waals surface area contributed by atoms with E-state index in [1.807, 2.05) is 36.7 Å². The van der Waals surface area contributed by atoms with Gasteiger partial charge in [0.25, 0.3) is 15.9 Å². The van der Waals surface area contributed by atoms with E-state index < -0.39 is 15.9 Å². The van der Waals surface area contributed by atoms with Crippen molar-refractivity contribution in [1.82, 2.24) is 4.57 Å². The number of anilines is 1. The molecule has 1 heterocycles. The number of nitrogens with zero attached hydrogens (tertiary/aromatic N) is 2. The number of hydrogen-bond acceptors (Lipinski definition) is 6. The number of nitrogens with one attached hydrogen (secondary N) is 1. The molecule has 10 heteroatoms. The highest BCUT2D eigenvalue weighted by atomic mass is 32.2. The zero-order valence-electron chi connectivity index (χ0n) is 18.8. The first-order valence-electron chi connectivity index (χ1n) is 10.4. The summed E-state index contributed by atoms with van der Waals surface area (Å²) < 4.78 is 41.3. The van der Waals surface area contributed by atoms with E-state index in [1.54, 1.807) is 12.1 Å². The van der Waals surface area contributed by atoms with Crippen LogP contribution in [-0.2, 0) is 17.1 Å². The van der Waals surface area contributed by atoms with Crippen LogP contribution in [-0.4, -0.2) is 32.6 Å². The first-order valence-corrected chi connectivity index (χ1v) is 12.7. The second kappa shape index (κ2) is 9.70. The molecule has 0 fully saturated rings. The summed E-state index contributed by atoms with van der Waals surface area (Å²) in [6.45, 7) is 2.45. The molecule has 3 aromatic carbocycles. The van der Waals surface area contributed by atoms with Gasteiger partial charge in [0.15, 0.2) is 4.80 Å². The predicted octanol–water partition coefficient (Wildman–Crippen LogP) is 4.19. The van der Waals surface area contributed by atoms with E-state index in [2.05, 4.69) is 9.71 Å². The SMILES string of the molecule is CCOc1cccc2sc(=NC(=O)c3ccc(NS(=O)(=O)c4ccc(OC)cc4)cc3)n(C)c12. The Morgan fingerprint density at radius 2 is 1.76 bits per heavy atom. The first-order chi connectivity index (χ1) is 16.3. The number of thiazole rings is 1. The molecule has 0 aliphatic carbocycles. The summed E-state index contributed by atoms with van der Waals surface area (Å²) in [6.07, 6.45) is 0. The molecule has 1 amide bonds. The number of carbonyl (C=O) groups is 1. The van der Waals surface area contributed by atoms with Crippen molar-refractivity contribution in [2.75, 3.05) is 18.4 Å². The predicted molar refractivity (Wildman–Crippen MR) is 132 cm³/mol. The zero-order valence-corrected chi connectivity index (χ0v) is 20.4. The summed E-state index contributed by atoms with van der Waals surface area (Å²) in [5, 5.41) is 0. The average molecular weight is 498 g/mol. The topological polar surface area (TPSA) is 99.0 Å². The fraction of sp³-hybridized carbons (Fsp3) is 0.167. The number of sulfonamides is 1. The Hall–Kier alpha value is -3.63. The van der Waals surface area contributed by atoms with Crippen LogP contribution in [0.2, 0.25) is 0 Å². The summed E-state index contributed by atoms with van der Waals surface area (Å²) >= 11 is 1.39. The highest BCUT2D eigenvalue weighted by Crippen LogP contribution is 2.27. The molecule has 0 saturated carbocycles. The van der Waals surface area contributed by atoms with Crippen molar-refractivity contribution in [3.8, 4) is 11.5 Å². The van der Waals surface area contributed by atoms with E-state index in [0.29, 0.717) is 28.4 Å². The smallest absolute Gasteiger partial charge is 0.279 e. The van der Waals surface area contributed by atoms with Crippen molar-refractivity contribution in [3.63, 3.8) is 0 Å². The highest BCUT2D eigenvalue weighted by Gasteiger charge is 2.15. The number of aryl methyl sites for hydroxylation is 1. The third kappa shape index (κ3) is 4.82. The van der Waals surface area contributed by atoms with Crippen LogP contribution >= 0.6 is 11.3 Å². The second-order valence-corrected chi connectivity index (χ2v) is 9.95. The van der Waals surface area contributed by atoms with E-state index in [4.69, 9.17) is 9.47 Å². The van der Waals surface area contributed by atoms with Crippen LogP contribution in [0.3, 0.4) is 0 Å². The Morgan fingerprint density at radius 3 is 2.41 bits per heavy atom. The van der Waals surface area contributed by atoms with E-state index in [1.165, 1.54) is 54.8 Å². The maximum atomic E-state index is 12.8. The maximum absolute atomic E-state index is 12.8. The normalized spacial score (nSPS) is 12.0. The van der Waals surface area contributed by atoms with Gasteiger partial charge in [-0.2, -0.15) is 4.99 Å². The number of methoxy groups -OCH3 is 1. The first kappa shape index (κ1) is 23.5. The molecule has 0 aliphatic heterocycles. The number of hydrogen-bond donors (Lipinski definition) is 1. The fourth-order valence-electron chi connectivity index (χ4n) is 3.35. The van der Waals surface area contributed by atoms with Crippen molar-refractivity contribution in [2.24, 2.45) is 12.0 Å². The average Bonchev–Trinajstić information content (AvgIpc) is 3.15. The van der Waals surface area contributed by atoms with Crippen molar-refractivity contribution >= 4 is 43.2 Å². The molecular formula is C24H23N3O5S2. The molecule has 0 bridgehead atoms. The fourth-order valence-corrected chi connectivity index (χ4v) is 5.44. The second-order valence-electron chi connectivity index (χ2n) is 7.25. The van der Waals surface area contributed by atoms with Crippen molar-refractivity contribution in [1.29, 1.82) is 0 Å². The van der Waals surface area contributed by atoms with Crippen LogP contribution in [0, 0.1) is 0 Å². The molecule has 1 N–H and O–H groups in total. The number of benzene rings is 3. The lowest BCUT2D eigenvalue weighted by Crippen LogP contribution is -2.14. The lowest BCUT2D eigenvalue weighted by molar-refractivity contribution is 0.0998. The number of rotatable bonds is 7. The molecule has 4 rings (SSSR count). The highest BCUT2D eigenvalue weighted by molar-refractivity contribution is 7.92. The number of fused-ring (bicyclic) bond motifs is 1. The summed E-state index contributed by atoms with van der Waals surface area (Å²) in [5.74, 6) is 0.873. The van der Waals surface area contributed by atoms with Crippen LogP contribution in [0.25, 0.3) is 10.2 Å². The number of carbonyl (C=O) groups excluding carboxylic acids is 1. The molecule has 34 heavy (non-hydrogen) atoms. The molecule has 1 aromatic heterocycles. The Balaban J connectivity index is 1.56.